The number of ketones is 2. The van der Waals surface area contributed by atoms with E-state index in [-0.39, 0.29) is 41.9 Å². The molecule has 2 rings (SSSR count). The van der Waals surface area contributed by atoms with Gasteiger partial charge < -0.3 is 13.9 Å². The maximum Gasteiger partial charge on any atom is 0.336 e. The maximum atomic E-state index is 11.4. The highest BCUT2D eigenvalue weighted by atomic mass is 16.5. The van der Waals surface area contributed by atoms with Gasteiger partial charge in [0, 0.05) is 11.5 Å². The summed E-state index contributed by atoms with van der Waals surface area (Å²) < 4.78 is 15.8. The summed E-state index contributed by atoms with van der Waals surface area (Å²) >= 11 is 0. The van der Waals surface area contributed by atoms with Gasteiger partial charge in [-0.05, 0) is 32.0 Å². The Labute approximate surface area is 120 Å². The molecule has 0 N–H and O–H groups in total. The summed E-state index contributed by atoms with van der Waals surface area (Å²) in [7, 11) is 0. The Morgan fingerprint density at radius 1 is 1.00 bits per heavy atom. The lowest BCUT2D eigenvalue weighted by Gasteiger charge is -2.12. The molecule has 6 nitrogen and oxygen atoms in total. The van der Waals surface area contributed by atoms with Gasteiger partial charge in [-0.1, -0.05) is 0 Å². The van der Waals surface area contributed by atoms with Crippen LogP contribution in [-0.2, 0) is 9.59 Å². The second kappa shape index (κ2) is 6.21. The van der Waals surface area contributed by atoms with Gasteiger partial charge in [-0.3, -0.25) is 9.59 Å². The van der Waals surface area contributed by atoms with E-state index in [1.165, 1.54) is 19.9 Å². The fourth-order valence-corrected chi connectivity index (χ4v) is 1.69. The normalized spacial score (nSPS) is 10.4. The molecule has 1 heterocycles. The minimum absolute atomic E-state index is 0.140. The van der Waals surface area contributed by atoms with Crippen molar-refractivity contribution >= 4 is 22.5 Å². The highest BCUT2D eigenvalue weighted by molar-refractivity contribution is 5.86. The van der Waals surface area contributed by atoms with E-state index in [2.05, 4.69) is 0 Å². The molecule has 0 aliphatic heterocycles. The lowest BCUT2D eigenvalue weighted by Crippen LogP contribution is -2.11. The molecule has 0 fully saturated rings. The topological polar surface area (TPSA) is 82.8 Å². The number of hydrogen-bond acceptors (Lipinski definition) is 6. The second-order valence-corrected chi connectivity index (χ2v) is 4.55. The van der Waals surface area contributed by atoms with Crippen molar-refractivity contribution in [2.75, 3.05) is 13.2 Å². The van der Waals surface area contributed by atoms with E-state index in [9.17, 15) is 14.4 Å². The molecule has 0 aliphatic carbocycles. The van der Waals surface area contributed by atoms with Gasteiger partial charge in [-0.2, -0.15) is 0 Å². The lowest BCUT2D eigenvalue weighted by atomic mass is 10.2. The Hall–Kier alpha value is -2.63. The third-order valence-electron chi connectivity index (χ3n) is 2.56. The SMILES string of the molecule is CC(=O)COc1ccc2ccc(=O)oc2c1OCC(C)=O. The number of carbonyl (C=O) groups is 2. The van der Waals surface area contributed by atoms with Crippen LogP contribution in [0.5, 0.6) is 11.5 Å². The summed E-state index contributed by atoms with van der Waals surface area (Å²) in [5.74, 6) is 0.0277. The molecule has 21 heavy (non-hydrogen) atoms. The van der Waals surface area contributed by atoms with Crippen molar-refractivity contribution in [1.82, 2.24) is 0 Å². The van der Waals surface area contributed by atoms with Crippen molar-refractivity contribution in [3.63, 3.8) is 0 Å². The minimum Gasteiger partial charge on any atom is -0.482 e. The van der Waals surface area contributed by atoms with E-state index >= 15 is 0 Å². The highest BCUT2D eigenvalue weighted by Gasteiger charge is 2.14. The van der Waals surface area contributed by atoms with Crippen LogP contribution >= 0.6 is 0 Å². The first-order valence-electron chi connectivity index (χ1n) is 6.28. The van der Waals surface area contributed by atoms with Crippen LogP contribution in [0.4, 0.5) is 0 Å². The smallest absolute Gasteiger partial charge is 0.336 e. The first-order valence-corrected chi connectivity index (χ1v) is 6.28. The molecule has 110 valence electrons. The molecule has 0 bridgehead atoms. The predicted molar refractivity (Wildman–Crippen MR) is 74.8 cm³/mol. The van der Waals surface area contributed by atoms with Crippen molar-refractivity contribution in [1.29, 1.82) is 0 Å². The van der Waals surface area contributed by atoms with Gasteiger partial charge >= 0.3 is 5.63 Å². The third kappa shape index (κ3) is 3.68. The quantitative estimate of drug-likeness (QED) is 0.753. The molecular weight excluding hydrogens is 276 g/mol. The Kier molecular flexibility index (Phi) is 4.37. The Morgan fingerprint density at radius 2 is 1.62 bits per heavy atom. The summed E-state index contributed by atoms with van der Waals surface area (Å²) in [5, 5.41) is 0.628. The number of rotatable bonds is 6. The molecule has 0 spiro atoms. The van der Waals surface area contributed by atoms with Gasteiger partial charge in [0.25, 0.3) is 0 Å². The van der Waals surface area contributed by atoms with Crippen LogP contribution in [0, 0.1) is 0 Å². The number of benzene rings is 1. The number of hydrogen-bond donors (Lipinski definition) is 0. The zero-order chi connectivity index (χ0) is 15.4. The highest BCUT2D eigenvalue weighted by Crippen LogP contribution is 2.35. The van der Waals surface area contributed by atoms with E-state index < -0.39 is 5.63 Å². The Bertz CT molecular complexity index is 743. The molecule has 0 amide bonds. The first-order chi connectivity index (χ1) is 9.97. The fourth-order valence-electron chi connectivity index (χ4n) is 1.69. The van der Waals surface area contributed by atoms with Gasteiger partial charge in [0.05, 0.1) is 0 Å². The van der Waals surface area contributed by atoms with Gasteiger partial charge in [0.2, 0.25) is 5.75 Å². The van der Waals surface area contributed by atoms with Crippen LogP contribution in [0.1, 0.15) is 13.8 Å². The predicted octanol–water partition coefficient (Wildman–Crippen LogP) is 1.73. The summed E-state index contributed by atoms with van der Waals surface area (Å²) in [5.41, 5.74) is -0.358. The second-order valence-electron chi connectivity index (χ2n) is 4.55. The monoisotopic (exact) mass is 290 g/mol. The van der Waals surface area contributed by atoms with E-state index in [0.717, 1.165) is 0 Å². The van der Waals surface area contributed by atoms with Crippen molar-refractivity contribution in [2.45, 2.75) is 13.8 Å². The number of carbonyl (C=O) groups excluding carboxylic acids is 2. The van der Waals surface area contributed by atoms with E-state index in [1.54, 1.807) is 18.2 Å². The molecule has 1 aromatic heterocycles. The standard InChI is InChI=1S/C15H14O6/c1-9(16)7-19-12-5-3-11-4-6-13(18)21-14(11)15(12)20-8-10(2)17/h3-6H,7-8H2,1-2H3. The van der Waals surface area contributed by atoms with Crippen LogP contribution in [0.2, 0.25) is 0 Å². The Morgan fingerprint density at radius 3 is 2.29 bits per heavy atom. The van der Waals surface area contributed by atoms with Gasteiger partial charge in [0.1, 0.15) is 13.2 Å². The summed E-state index contributed by atoms with van der Waals surface area (Å²) in [6, 6.07) is 6.14. The number of fused-ring (bicyclic) bond motifs is 1. The van der Waals surface area contributed by atoms with Crippen LogP contribution in [0.3, 0.4) is 0 Å². The van der Waals surface area contributed by atoms with Gasteiger partial charge in [-0.15, -0.1) is 0 Å². The van der Waals surface area contributed by atoms with Crippen LogP contribution in [-0.4, -0.2) is 24.8 Å². The summed E-state index contributed by atoms with van der Waals surface area (Å²) in [6.07, 6.45) is 0. The molecule has 0 saturated heterocycles. The number of Topliss-reactive ketones (excluding diaryl/α,β-unsaturated/α-hetero) is 2. The molecule has 1 aromatic carbocycles. The van der Waals surface area contributed by atoms with Crippen LogP contribution in [0.15, 0.2) is 33.5 Å². The zero-order valence-corrected chi connectivity index (χ0v) is 11.7. The fraction of sp³-hybridized carbons (Fsp3) is 0.267. The minimum atomic E-state index is -0.543. The molecule has 0 atom stereocenters. The molecule has 0 unspecified atom stereocenters. The van der Waals surface area contributed by atoms with E-state index in [0.29, 0.717) is 5.39 Å². The Balaban J connectivity index is 2.50. The number of ether oxygens (including phenoxy) is 2. The van der Waals surface area contributed by atoms with E-state index in [4.69, 9.17) is 13.9 Å². The molecule has 0 saturated carbocycles. The zero-order valence-electron chi connectivity index (χ0n) is 11.7. The van der Waals surface area contributed by atoms with E-state index in [1.807, 2.05) is 0 Å². The third-order valence-corrected chi connectivity index (χ3v) is 2.56. The van der Waals surface area contributed by atoms with Crippen molar-refractivity contribution in [3.8, 4) is 11.5 Å². The van der Waals surface area contributed by atoms with Crippen molar-refractivity contribution in [2.24, 2.45) is 0 Å². The van der Waals surface area contributed by atoms with Gasteiger partial charge in [0.15, 0.2) is 22.9 Å². The maximum absolute atomic E-state index is 11.4. The summed E-state index contributed by atoms with van der Waals surface area (Å²) in [6.45, 7) is 2.43. The van der Waals surface area contributed by atoms with Crippen LogP contribution < -0.4 is 15.1 Å². The van der Waals surface area contributed by atoms with Crippen LogP contribution in [0.25, 0.3) is 11.0 Å². The average Bonchev–Trinajstić information content (AvgIpc) is 2.42. The van der Waals surface area contributed by atoms with Crippen molar-refractivity contribution < 1.29 is 23.5 Å². The summed E-state index contributed by atoms with van der Waals surface area (Å²) in [4.78, 5) is 33.5. The first kappa shape index (κ1) is 14.8. The molecule has 0 aliphatic rings. The largest absolute Gasteiger partial charge is 0.482 e. The molecule has 6 heteroatoms. The molecule has 0 radical (unpaired) electrons. The van der Waals surface area contributed by atoms with Gasteiger partial charge in [-0.25, -0.2) is 4.79 Å². The molecule has 2 aromatic rings. The van der Waals surface area contributed by atoms with Crippen molar-refractivity contribution in [3.05, 3.63) is 34.7 Å². The molecular formula is C15H14O6. The lowest BCUT2D eigenvalue weighted by molar-refractivity contribution is -0.120. The average molecular weight is 290 g/mol.